The molecule has 0 atom stereocenters. The van der Waals surface area contributed by atoms with Gasteiger partial charge in [0.2, 0.25) is 0 Å². The molecule has 1 aromatic carbocycles. The maximum absolute atomic E-state index is 3.19. The third-order valence-corrected chi connectivity index (χ3v) is 2.50. The van der Waals surface area contributed by atoms with E-state index in [1.807, 2.05) is 0 Å². The SMILES string of the molecule is CC(C)CC1=Cc2ccccc2C1.[Br][Ti][Br]. The normalized spacial score (nSPS) is 12.7. The summed E-state index contributed by atoms with van der Waals surface area (Å²) in [6, 6.07) is 8.69. The second-order valence-electron chi connectivity index (χ2n) is 4.35. The summed E-state index contributed by atoms with van der Waals surface area (Å²) in [5, 5.41) is 0. The molecule has 0 N–H and O–H groups in total. The number of rotatable bonds is 2. The van der Waals surface area contributed by atoms with E-state index in [9.17, 15) is 0 Å². The molecule has 3 heteroatoms. The van der Waals surface area contributed by atoms with Gasteiger partial charge in [-0.1, -0.05) is 49.8 Å². The van der Waals surface area contributed by atoms with Crippen LogP contribution in [0.25, 0.3) is 6.08 Å². The zero-order chi connectivity index (χ0) is 12.0. The summed E-state index contributed by atoms with van der Waals surface area (Å²) in [4.78, 5) is 0. The van der Waals surface area contributed by atoms with Crippen molar-refractivity contribution in [3.8, 4) is 0 Å². The van der Waals surface area contributed by atoms with Crippen LogP contribution in [0.5, 0.6) is 0 Å². The second-order valence-corrected chi connectivity index (χ2v) is 12.2. The summed E-state index contributed by atoms with van der Waals surface area (Å²) in [7, 11) is 0. The number of hydrogen-bond acceptors (Lipinski definition) is 0. The number of allylic oxidation sites excluding steroid dienone is 1. The van der Waals surface area contributed by atoms with Gasteiger partial charge in [0.25, 0.3) is 0 Å². The van der Waals surface area contributed by atoms with Crippen molar-refractivity contribution >= 4 is 32.4 Å². The van der Waals surface area contributed by atoms with Crippen LogP contribution in [0.1, 0.15) is 31.4 Å². The molecule has 0 fully saturated rings. The molecule has 0 bridgehead atoms. The first kappa shape index (κ1) is 14.7. The summed E-state index contributed by atoms with van der Waals surface area (Å²) < 4.78 is 0. The Hall–Kier alpha value is 0.634. The van der Waals surface area contributed by atoms with Crippen molar-refractivity contribution in [2.75, 3.05) is 0 Å². The molecule has 0 nitrogen and oxygen atoms in total. The predicted octanol–water partition coefficient (Wildman–Crippen LogP) is 5.36. The summed E-state index contributed by atoms with van der Waals surface area (Å²) in [6.07, 6.45) is 4.78. The first-order chi connectivity index (χ1) is 7.67. The van der Waals surface area contributed by atoms with Gasteiger partial charge in [0.15, 0.2) is 0 Å². The fraction of sp³-hybridized carbons (Fsp3) is 0.385. The quantitative estimate of drug-likeness (QED) is 0.607. The fourth-order valence-electron chi connectivity index (χ4n) is 2.01. The van der Waals surface area contributed by atoms with Crippen molar-refractivity contribution < 1.29 is 15.0 Å². The van der Waals surface area contributed by atoms with E-state index >= 15 is 0 Å². The fourth-order valence-corrected chi connectivity index (χ4v) is 2.01. The summed E-state index contributed by atoms with van der Waals surface area (Å²) in [5.74, 6) is 0.778. The Morgan fingerprint density at radius 2 is 1.88 bits per heavy atom. The molecule has 2 rings (SSSR count). The van der Waals surface area contributed by atoms with E-state index < -0.39 is 0 Å². The van der Waals surface area contributed by atoms with Crippen LogP contribution in [0.4, 0.5) is 0 Å². The maximum atomic E-state index is 3.19. The molecular weight excluding hydrogens is 364 g/mol. The van der Waals surface area contributed by atoms with Crippen molar-refractivity contribution in [3.05, 3.63) is 41.0 Å². The zero-order valence-corrected chi connectivity index (χ0v) is 14.4. The van der Waals surface area contributed by atoms with Crippen LogP contribution >= 0.6 is 26.3 Å². The monoisotopic (exact) mass is 378 g/mol. The van der Waals surface area contributed by atoms with Crippen LogP contribution < -0.4 is 0 Å². The Kier molecular flexibility index (Phi) is 7.22. The average Bonchev–Trinajstić information content (AvgIpc) is 2.59. The topological polar surface area (TPSA) is 0 Å². The first-order valence-electron chi connectivity index (χ1n) is 5.41. The number of fused-ring (bicyclic) bond motifs is 1. The van der Waals surface area contributed by atoms with Crippen LogP contribution in [0.3, 0.4) is 0 Å². The molecule has 0 spiro atoms. The molecule has 1 aromatic rings. The standard InChI is InChI=1S/C13H16.2BrH.Ti/c1-10(2)7-11-8-12-5-3-4-6-13(12)9-11;;;/h3-6,8,10H,7,9H2,1-2H3;2*1H;/q;;;+2/p-2. The van der Waals surface area contributed by atoms with Gasteiger partial charge in [-0.15, -0.1) is 0 Å². The number of hydrogen-bond donors (Lipinski definition) is 0. The van der Waals surface area contributed by atoms with Gasteiger partial charge in [0.05, 0.1) is 0 Å². The minimum absolute atomic E-state index is 0.125. The van der Waals surface area contributed by atoms with Gasteiger partial charge < -0.3 is 0 Å². The summed E-state index contributed by atoms with van der Waals surface area (Å²) >= 11 is 6.50. The van der Waals surface area contributed by atoms with Crippen LogP contribution in [-0.4, -0.2) is 0 Å². The average molecular weight is 380 g/mol. The Labute approximate surface area is 120 Å². The van der Waals surface area contributed by atoms with E-state index in [4.69, 9.17) is 0 Å². The summed E-state index contributed by atoms with van der Waals surface area (Å²) in [5.41, 5.74) is 4.52. The Morgan fingerprint density at radius 1 is 1.25 bits per heavy atom. The number of benzene rings is 1. The van der Waals surface area contributed by atoms with E-state index in [0.29, 0.717) is 0 Å². The molecule has 86 valence electrons. The molecule has 0 heterocycles. The van der Waals surface area contributed by atoms with E-state index in [2.05, 4.69) is 70.5 Å². The minimum atomic E-state index is 0.125. The van der Waals surface area contributed by atoms with Crippen LogP contribution in [0.2, 0.25) is 0 Å². The molecule has 0 amide bonds. The van der Waals surface area contributed by atoms with Crippen molar-refractivity contribution in [1.29, 1.82) is 0 Å². The van der Waals surface area contributed by atoms with Crippen molar-refractivity contribution in [2.24, 2.45) is 5.92 Å². The van der Waals surface area contributed by atoms with E-state index in [1.165, 1.54) is 24.0 Å². The molecule has 1 aliphatic carbocycles. The molecule has 16 heavy (non-hydrogen) atoms. The molecule has 0 saturated heterocycles. The van der Waals surface area contributed by atoms with E-state index in [0.717, 1.165) is 5.92 Å². The molecule has 0 radical (unpaired) electrons. The van der Waals surface area contributed by atoms with Gasteiger partial charge in [-0.25, -0.2) is 0 Å². The van der Waals surface area contributed by atoms with Gasteiger partial charge in [-0.3, -0.25) is 0 Å². The Balaban J connectivity index is 0.000000386. The van der Waals surface area contributed by atoms with Gasteiger partial charge >= 0.3 is 41.3 Å². The number of halogens is 2. The first-order valence-corrected chi connectivity index (χ1v) is 13.1. The third-order valence-electron chi connectivity index (χ3n) is 2.50. The third kappa shape index (κ3) is 4.87. The van der Waals surface area contributed by atoms with Gasteiger partial charge in [-0.05, 0) is 29.9 Å². The van der Waals surface area contributed by atoms with Crippen molar-refractivity contribution in [2.45, 2.75) is 26.7 Å². The van der Waals surface area contributed by atoms with Gasteiger partial charge in [0.1, 0.15) is 0 Å². The van der Waals surface area contributed by atoms with Crippen LogP contribution in [0, 0.1) is 5.92 Å². The van der Waals surface area contributed by atoms with Crippen LogP contribution in [-0.2, 0) is 21.4 Å². The Bertz CT molecular complexity index is 359. The van der Waals surface area contributed by atoms with E-state index in [1.54, 1.807) is 5.57 Å². The molecule has 1 aliphatic rings. The van der Waals surface area contributed by atoms with E-state index in [-0.39, 0.29) is 15.0 Å². The van der Waals surface area contributed by atoms with Gasteiger partial charge in [-0.2, -0.15) is 0 Å². The van der Waals surface area contributed by atoms with Crippen molar-refractivity contribution in [3.63, 3.8) is 0 Å². The molecular formula is C13H16Br2Ti. The Morgan fingerprint density at radius 3 is 2.44 bits per heavy atom. The molecule has 0 unspecified atom stereocenters. The van der Waals surface area contributed by atoms with Crippen molar-refractivity contribution in [1.82, 2.24) is 0 Å². The summed E-state index contributed by atoms with van der Waals surface area (Å²) in [6.45, 7) is 4.56. The molecule has 0 saturated carbocycles. The zero-order valence-electron chi connectivity index (χ0n) is 9.63. The van der Waals surface area contributed by atoms with Crippen LogP contribution in [0.15, 0.2) is 29.8 Å². The predicted molar refractivity (Wildman–Crippen MR) is 75.4 cm³/mol. The second kappa shape index (κ2) is 7.86. The molecule has 0 aromatic heterocycles. The molecule has 0 aliphatic heterocycles. The van der Waals surface area contributed by atoms with Gasteiger partial charge in [0, 0.05) is 0 Å².